The van der Waals surface area contributed by atoms with Crippen LogP contribution < -0.4 is 5.32 Å². The standard InChI is InChI=1S/C43H67NO12/c1-9-12-30(18-24(2)17-25(3)19-37-39-36(53-8)21-27(5)40(48)43(51,56-39)42(50)54-37)34(47)23-33(46)28(6)38(55-41(49)31-13-10-11-16-44-31)26(4)20-29-14-15-32(45)35(22-29)52-7/h9,18,20,25,27-33,35-39,44-46,51H,1,10-17,19,21-23H2,2-8H3/b24-18+,26-20+/t25-,27+,28-,29?,30?,31?,32-,33+,35-,36+,37?,38-,39?,43-/m1/s1. The van der Waals surface area contributed by atoms with Gasteiger partial charge in [-0.25, -0.2) is 4.79 Å². The normalized spacial score (nSPS) is 34.3. The van der Waals surface area contributed by atoms with Crippen molar-refractivity contribution in [2.45, 2.75) is 160 Å². The Balaban J connectivity index is 1.43. The van der Waals surface area contributed by atoms with Gasteiger partial charge in [-0.3, -0.25) is 14.4 Å². The van der Waals surface area contributed by atoms with Crippen LogP contribution in [0.3, 0.4) is 0 Å². The van der Waals surface area contributed by atoms with E-state index in [9.17, 15) is 34.5 Å². The highest BCUT2D eigenvalue weighted by atomic mass is 16.7. The van der Waals surface area contributed by atoms with E-state index >= 15 is 0 Å². The number of aliphatic hydroxyl groups excluding tert-OH is 2. The number of hydrogen-bond donors (Lipinski definition) is 4. The highest BCUT2D eigenvalue weighted by molar-refractivity contribution is 6.06. The highest BCUT2D eigenvalue weighted by Gasteiger charge is 2.60. The van der Waals surface area contributed by atoms with Crippen molar-refractivity contribution in [2.75, 3.05) is 20.8 Å². The molecule has 2 bridgehead atoms. The van der Waals surface area contributed by atoms with Crippen molar-refractivity contribution in [2.24, 2.45) is 29.6 Å². The van der Waals surface area contributed by atoms with Crippen molar-refractivity contribution in [3.63, 3.8) is 0 Å². The number of rotatable bonds is 18. The molecule has 14 atom stereocenters. The van der Waals surface area contributed by atoms with Gasteiger partial charge in [-0.15, -0.1) is 6.58 Å². The number of esters is 2. The molecule has 3 saturated heterocycles. The largest absolute Gasteiger partial charge is 0.456 e. The fraction of sp³-hybridized carbons (Fsp3) is 0.767. The molecule has 0 spiro atoms. The number of Topliss-reactive ketones (excluding diaryl/α,β-unsaturated/α-hetero) is 2. The van der Waals surface area contributed by atoms with E-state index in [1.807, 2.05) is 26.8 Å². The van der Waals surface area contributed by atoms with Crippen LogP contribution in [0.5, 0.6) is 0 Å². The molecule has 3 heterocycles. The van der Waals surface area contributed by atoms with Crippen LogP contribution in [0.4, 0.5) is 0 Å². The molecular weight excluding hydrogens is 722 g/mol. The molecule has 13 heteroatoms. The minimum absolute atomic E-state index is 0.0479. The molecule has 0 aromatic heterocycles. The Morgan fingerprint density at radius 2 is 1.77 bits per heavy atom. The Labute approximate surface area is 332 Å². The average Bonchev–Trinajstić information content (AvgIpc) is 3.25. The van der Waals surface area contributed by atoms with E-state index in [0.717, 1.165) is 37.0 Å². The molecule has 13 nitrogen and oxygen atoms in total. The maximum Gasteiger partial charge on any atom is 0.375 e. The number of carbonyl (C=O) groups excluding carboxylic acids is 4. The molecule has 5 unspecified atom stereocenters. The van der Waals surface area contributed by atoms with Gasteiger partial charge in [0, 0.05) is 38.4 Å². The predicted octanol–water partition coefficient (Wildman–Crippen LogP) is 4.30. The lowest BCUT2D eigenvalue weighted by Gasteiger charge is -2.40. The molecular formula is C43H67NO12. The van der Waals surface area contributed by atoms with Gasteiger partial charge in [-0.05, 0) is 95.6 Å². The Morgan fingerprint density at radius 1 is 1.05 bits per heavy atom. The summed E-state index contributed by atoms with van der Waals surface area (Å²) in [7, 11) is 3.08. The second-order valence-electron chi connectivity index (χ2n) is 16.9. The van der Waals surface area contributed by atoms with E-state index in [-0.39, 0.29) is 42.5 Å². The number of nitrogens with one attached hydrogen (secondary N) is 1. The number of carbonyl (C=O) groups is 4. The van der Waals surface area contributed by atoms with Crippen LogP contribution in [0.15, 0.2) is 36.0 Å². The van der Waals surface area contributed by atoms with Crippen LogP contribution in [0.25, 0.3) is 0 Å². The van der Waals surface area contributed by atoms with Crippen LogP contribution >= 0.6 is 0 Å². The van der Waals surface area contributed by atoms with Crippen molar-refractivity contribution in [1.82, 2.24) is 5.32 Å². The maximum absolute atomic E-state index is 13.8. The summed E-state index contributed by atoms with van der Waals surface area (Å²) in [6.45, 7) is 13.8. The van der Waals surface area contributed by atoms with Crippen LogP contribution in [0.2, 0.25) is 0 Å². The minimum atomic E-state index is -2.65. The van der Waals surface area contributed by atoms with Crippen molar-refractivity contribution in [3.8, 4) is 0 Å². The predicted molar refractivity (Wildman–Crippen MR) is 208 cm³/mol. The first-order valence-electron chi connectivity index (χ1n) is 20.5. The second kappa shape index (κ2) is 20.8. The zero-order valence-corrected chi connectivity index (χ0v) is 34.4. The SMILES string of the molecule is C=CCC(/C=C(\C)C[C@@H](C)CC1OC(=O)[C@]2(O)OC1[C@@H](OC)C[C@H](C)C2=O)C(=O)C[C@H](O)[C@@H](C)[C@H](OC(=O)C1CCCCN1)/C(C)=C/C1CC[C@@H](O)[C@H](OC)C1. The monoisotopic (exact) mass is 789 g/mol. The summed E-state index contributed by atoms with van der Waals surface area (Å²) in [4.78, 5) is 52.8. The van der Waals surface area contributed by atoms with Crippen molar-refractivity contribution in [3.05, 3.63) is 36.0 Å². The van der Waals surface area contributed by atoms with Gasteiger partial charge in [0.25, 0.3) is 0 Å². The van der Waals surface area contributed by atoms with Gasteiger partial charge in [0.15, 0.2) is 0 Å². The summed E-state index contributed by atoms with van der Waals surface area (Å²) >= 11 is 0. The Morgan fingerprint density at radius 3 is 2.41 bits per heavy atom. The van der Waals surface area contributed by atoms with Crippen LogP contribution in [-0.2, 0) is 42.9 Å². The molecule has 4 fully saturated rings. The summed E-state index contributed by atoms with van der Waals surface area (Å²) in [5.74, 6) is -6.81. The van der Waals surface area contributed by atoms with Crippen molar-refractivity contribution < 1.29 is 58.2 Å². The van der Waals surface area contributed by atoms with Gasteiger partial charge in [-0.1, -0.05) is 51.0 Å². The van der Waals surface area contributed by atoms with Crippen molar-refractivity contribution >= 4 is 23.5 Å². The van der Waals surface area contributed by atoms with E-state index in [0.29, 0.717) is 38.5 Å². The molecule has 1 aliphatic carbocycles. The van der Waals surface area contributed by atoms with Gasteiger partial charge >= 0.3 is 17.7 Å². The topological polar surface area (TPSA) is 187 Å². The second-order valence-corrected chi connectivity index (χ2v) is 16.9. The quantitative estimate of drug-likeness (QED) is 0.0876. The number of ketones is 2. The molecule has 1 saturated carbocycles. The number of piperidine rings is 1. The number of fused-ring (bicyclic) bond motifs is 2. The van der Waals surface area contributed by atoms with Crippen LogP contribution in [0, 0.1) is 29.6 Å². The molecule has 56 heavy (non-hydrogen) atoms. The van der Waals surface area contributed by atoms with Crippen LogP contribution in [-0.4, -0.2) is 114 Å². The van der Waals surface area contributed by atoms with Crippen LogP contribution in [0.1, 0.15) is 105 Å². The molecule has 0 amide bonds. The molecule has 4 rings (SSSR count). The number of ether oxygens (including phenoxy) is 5. The summed E-state index contributed by atoms with van der Waals surface area (Å²) < 4.78 is 28.6. The van der Waals surface area contributed by atoms with Gasteiger partial charge in [0.05, 0.1) is 24.4 Å². The first kappa shape index (κ1) is 45.9. The zero-order chi connectivity index (χ0) is 41.3. The van der Waals surface area contributed by atoms with E-state index in [4.69, 9.17) is 23.7 Å². The summed E-state index contributed by atoms with van der Waals surface area (Å²) in [5, 5.41) is 36.0. The molecule has 4 aliphatic rings. The third-order valence-corrected chi connectivity index (χ3v) is 12.3. The molecule has 0 aromatic carbocycles. The highest BCUT2D eigenvalue weighted by Crippen LogP contribution is 2.38. The van der Waals surface area contributed by atoms with E-state index in [2.05, 4.69) is 18.0 Å². The smallest absolute Gasteiger partial charge is 0.375 e. The zero-order valence-electron chi connectivity index (χ0n) is 34.4. The molecule has 0 radical (unpaired) electrons. The maximum atomic E-state index is 13.8. The lowest BCUT2D eigenvalue weighted by Crippen LogP contribution is -2.61. The van der Waals surface area contributed by atoms with E-state index in [1.165, 1.54) is 7.11 Å². The lowest BCUT2D eigenvalue weighted by atomic mass is 9.81. The van der Waals surface area contributed by atoms with Gasteiger partial charge in [0.1, 0.15) is 30.1 Å². The summed E-state index contributed by atoms with van der Waals surface area (Å²) in [5.41, 5.74) is 1.71. The average molecular weight is 790 g/mol. The Hall–Kier alpha value is -2.78. The molecule has 0 aromatic rings. The first-order valence-corrected chi connectivity index (χ1v) is 20.5. The third-order valence-electron chi connectivity index (χ3n) is 12.3. The van der Waals surface area contributed by atoms with Crippen molar-refractivity contribution in [1.29, 1.82) is 0 Å². The van der Waals surface area contributed by atoms with Gasteiger partial charge in [-0.2, -0.15) is 0 Å². The van der Waals surface area contributed by atoms with E-state index < -0.39 is 78.0 Å². The number of allylic oxidation sites excluding steroid dienone is 4. The number of hydrogen-bond acceptors (Lipinski definition) is 13. The molecule has 3 aliphatic heterocycles. The minimum Gasteiger partial charge on any atom is -0.456 e. The van der Waals surface area contributed by atoms with E-state index in [1.54, 1.807) is 27.0 Å². The summed E-state index contributed by atoms with van der Waals surface area (Å²) in [6.07, 6.45) is 6.74. The first-order chi connectivity index (χ1) is 26.5. The van der Waals surface area contributed by atoms with Gasteiger partial charge in [0.2, 0.25) is 5.78 Å². The summed E-state index contributed by atoms with van der Waals surface area (Å²) in [6, 6.07) is -0.428. The Bertz CT molecular complexity index is 1440. The molecule has 4 N–H and O–H groups in total. The fourth-order valence-electron chi connectivity index (χ4n) is 8.96. The fourth-order valence-corrected chi connectivity index (χ4v) is 8.96. The number of methoxy groups -OCH3 is 2. The Kier molecular flexibility index (Phi) is 17.0. The molecule has 316 valence electrons. The number of aliphatic hydroxyl groups is 3. The lowest BCUT2D eigenvalue weighted by molar-refractivity contribution is -0.287. The number of cyclic esters (lactones) is 1. The third kappa shape index (κ3) is 11.4. The van der Waals surface area contributed by atoms with Gasteiger partial charge < -0.3 is 44.3 Å².